The lowest BCUT2D eigenvalue weighted by Gasteiger charge is -2.36. The van der Waals surface area contributed by atoms with Gasteiger partial charge in [-0.3, -0.25) is 19.2 Å². The number of anilines is 1. The molecule has 312 valence electrons. The van der Waals surface area contributed by atoms with Crippen molar-refractivity contribution in [2.45, 2.75) is 123 Å². The molecule has 4 rings (SSSR count). The zero-order valence-electron chi connectivity index (χ0n) is 33.4. The highest BCUT2D eigenvalue weighted by molar-refractivity contribution is 5.92. The Kier molecular flexibility index (Phi) is 19.2. The van der Waals surface area contributed by atoms with E-state index in [1.807, 2.05) is 58.0 Å². The van der Waals surface area contributed by atoms with E-state index in [0.717, 1.165) is 37.7 Å². The summed E-state index contributed by atoms with van der Waals surface area (Å²) in [6, 6.07) is 10.2. The minimum atomic E-state index is -1.12. The summed E-state index contributed by atoms with van der Waals surface area (Å²) < 4.78 is 5.95. The lowest BCUT2D eigenvalue weighted by Crippen LogP contribution is -2.58. The molecule has 5 atom stereocenters. The van der Waals surface area contributed by atoms with Gasteiger partial charge in [0.25, 0.3) is 0 Å². The highest BCUT2D eigenvalue weighted by atomic mass is 16.5. The number of nitrogens with one attached hydrogen (secondary N) is 4. The maximum Gasteiger partial charge on any atom is 0.316 e. The fourth-order valence-corrected chi connectivity index (χ4v) is 7.53. The third-order valence-corrected chi connectivity index (χ3v) is 10.2. The van der Waals surface area contributed by atoms with E-state index in [-0.39, 0.29) is 54.1 Å². The van der Waals surface area contributed by atoms with Gasteiger partial charge in [0, 0.05) is 31.1 Å². The van der Waals surface area contributed by atoms with Gasteiger partial charge in [0.1, 0.15) is 24.4 Å². The predicted molar refractivity (Wildman–Crippen MR) is 215 cm³/mol. The molecule has 0 aromatic heterocycles. The number of nitrogens with two attached hydrogens (primary N) is 1. The minimum absolute atomic E-state index is 0. The third-order valence-electron chi connectivity index (χ3n) is 10.2. The maximum absolute atomic E-state index is 14.6. The molecule has 56 heavy (non-hydrogen) atoms. The molecule has 15 heteroatoms. The van der Waals surface area contributed by atoms with Crippen LogP contribution in [0, 0.1) is 17.8 Å². The number of primary amides is 1. The van der Waals surface area contributed by atoms with Crippen LogP contribution in [0.3, 0.4) is 0 Å². The molecule has 1 saturated carbocycles. The lowest BCUT2D eigenvalue weighted by atomic mass is 9.83. The van der Waals surface area contributed by atoms with Crippen LogP contribution < -0.4 is 31.7 Å². The molecule has 2 aromatic carbocycles. The quantitative estimate of drug-likeness (QED) is 0.132. The van der Waals surface area contributed by atoms with Gasteiger partial charge in [-0.1, -0.05) is 90.1 Å². The van der Waals surface area contributed by atoms with Crippen LogP contribution in [0.2, 0.25) is 0 Å². The Morgan fingerprint density at radius 1 is 0.911 bits per heavy atom. The number of carbonyl (C=O) groups excluding carboxylic acids is 5. The second kappa shape index (κ2) is 22.7. The Morgan fingerprint density at radius 3 is 2.20 bits per heavy atom. The van der Waals surface area contributed by atoms with Gasteiger partial charge < -0.3 is 52.7 Å². The number of rotatable bonds is 18. The van der Waals surface area contributed by atoms with Gasteiger partial charge in [-0.05, 0) is 54.4 Å². The van der Waals surface area contributed by atoms with Crippen LogP contribution in [0.5, 0.6) is 5.75 Å². The zero-order chi connectivity index (χ0) is 39.4. The number of benzene rings is 2. The van der Waals surface area contributed by atoms with E-state index in [4.69, 9.17) is 10.5 Å². The molecule has 1 heterocycles. The summed E-state index contributed by atoms with van der Waals surface area (Å²) in [6.45, 7) is 9.84. The summed E-state index contributed by atoms with van der Waals surface area (Å²) in [5, 5.41) is 22.8. The first-order valence-electron chi connectivity index (χ1n) is 19.4. The first kappa shape index (κ1) is 47.4. The van der Waals surface area contributed by atoms with Crippen molar-refractivity contribution in [2.75, 3.05) is 18.5 Å². The summed E-state index contributed by atoms with van der Waals surface area (Å²) in [7, 11) is 0. The number of hydrogen-bond donors (Lipinski definition) is 6. The van der Waals surface area contributed by atoms with Crippen LogP contribution in [-0.2, 0) is 25.6 Å². The fraction of sp³-hybridized carbons (Fsp3) is 0.585. The largest absolute Gasteiger partial charge is 0.491 e. The molecule has 0 radical (unpaired) electrons. The Labute approximate surface area is 330 Å². The predicted octanol–water partition coefficient (Wildman–Crippen LogP) is 2.93. The van der Waals surface area contributed by atoms with Crippen molar-refractivity contribution in [3.63, 3.8) is 0 Å². The van der Waals surface area contributed by atoms with E-state index in [1.54, 1.807) is 18.2 Å². The van der Waals surface area contributed by atoms with Crippen molar-refractivity contribution in [2.24, 2.45) is 23.5 Å². The molecule has 15 nitrogen and oxygen atoms in total. The molecule has 2 aliphatic rings. The van der Waals surface area contributed by atoms with Gasteiger partial charge in [0.2, 0.25) is 23.6 Å². The molecule has 11 N–H and O–H groups in total. The van der Waals surface area contributed by atoms with Crippen molar-refractivity contribution in [1.29, 1.82) is 0 Å². The van der Waals surface area contributed by atoms with Crippen LogP contribution in [-0.4, -0.2) is 88.0 Å². The lowest BCUT2D eigenvalue weighted by molar-refractivity contribution is -0.143. The number of amides is 6. The number of carbonyl (C=O) groups is 5. The van der Waals surface area contributed by atoms with E-state index in [9.17, 15) is 29.1 Å². The SMILES string of the molecule is CC(=O)N(C1COc2ccc(NC(N)=O)cc21)[C@@H](Cc1ccccc1)C(=O)N[C@@H](CC(C)C)C(=O)NC(CC1CCCCC1)C(O)CC(=O)NCC(C)C.O.O. The van der Waals surface area contributed by atoms with Crippen molar-refractivity contribution >= 4 is 35.3 Å². The highest BCUT2D eigenvalue weighted by Gasteiger charge is 2.40. The molecule has 2 aromatic rings. The van der Waals surface area contributed by atoms with Gasteiger partial charge in [-0.15, -0.1) is 0 Å². The van der Waals surface area contributed by atoms with Crippen molar-refractivity contribution in [3.05, 3.63) is 59.7 Å². The number of fused-ring (bicyclic) bond motifs is 1. The molecule has 0 spiro atoms. The van der Waals surface area contributed by atoms with Crippen molar-refractivity contribution in [3.8, 4) is 5.75 Å². The van der Waals surface area contributed by atoms with Crippen molar-refractivity contribution < 1.29 is 44.8 Å². The Morgan fingerprint density at radius 2 is 1.59 bits per heavy atom. The molecule has 1 aliphatic heterocycles. The average Bonchev–Trinajstić information content (AvgIpc) is 3.52. The molecule has 1 aliphatic carbocycles. The topological polar surface area (TPSA) is 255 Å². The second-order valence-electron chi connectivity index (χ2n) is 15.7. The van der Waals surface area contributed by atoms with E-state index in [0.29, 0.717) is 42.3 Å². The zero-order valence-corrected chi connectivity index (χ0v) is 33.4. The van der Waals surface area contributed by atoms with Gasteiger partial charge >= 0.3 is 6.03 Å². The molecule has 0 bridgehead atoms. The Hall–Kier alpha value is -4.73. The monoisotopic (exact) mass is 784 g/mol. The molecular formula is C41H64N6O9. The first-order chi connectivity index (χ1) is 25.7. The smallest absolute Gasteiger partial charge is 0.316 e. The molecule has 6 amide bonds. The number of aliphatic hydroxyl groups is 1. The molecule has 0 saturated heterocycles. The standard InChI is InChI=1S/C41H60N6O7.2H2O/c1-25(2)18-33(39(51)45-32(19-28-12-8-6-9-13-28)36(49)22-38(50)43-23-26(3)4)46-40(52)34(20-29-14-10-7-11-15-29)47(27(5)48)35-24-54-37-17-16-30(21-31(35)37)44-41(42)53;;/h7,10-11,14-17,21,25-26,28,32-36,49H,6,8-9,12-13,18-20,22-24H2,1-5H3,(H,43,50)(H,45,51)(H,46,52)(H3,42,44,53);2*1H2/t32?,33-,34-,35?,36?;;/m0../s1. The van der Waals surface area contributed by atoms with Gasteiger partial charge in [0.05, 0.1) is 24.6 Å². The van der Waals surface area contributed by atoms with Gasteiger partial charge in [-0.2, -0.15) is 0 Å². The van der Waals surface area contributed by atoms with E-state index in [1.165, 1.54) is 11.8 Å². The van der Waals surface area contributed by atoms with Crippen LogP contribution in [0.15, 0.2) is 48.5 Å². The molecular weight excluding hydrogens is 720 g/mol. The van der Waals surface area contributed by atoms with Crippen LogP contribution in [0.1, 0.15) is 103 Å². The number of ether oxygens (including phenoxy) is 1. The van der Waals surface area contributed by atoms with E-state index < -0.39 is 48.1 Å². The number of nitrogens with zero attached hydrogens (tertiary/aromatic N) is 1. The van der Waals surface area contributed by atoms with E-state index >= 15 is 0 Å². The maximum atomic E-state index is 14.6. The summed E-state index contributed by atoms with van der Waals surface area (Å²) in [5.41, 5.74) is 7.20. The van der Waals surface area contributed by atoms with Crippen LogP contribution in [0.25, 0.3) is 0 Å². The normalized spacial score (nSPS) is 17.1. The second-order valence-corrected chi connectivity index (χ2v) is 15.7. The summed E-state index contributed by atoms with van der Waals surface area (Å²) >= 11 is 0. The average molecular weight is 785 g/mol. The Bertz CT molecular complexity index is 1580. The number of aliphatic hydroxyl groups excluding tert-OH is 1. The van der Waals surface area contributed by atoms with E-state index in [2.05, 4.69) is 21.3 Å². The number of hydrogen-bond acceptors (Lipinski definition) is 7. The summed E-state index contributed by atoms with van der Waals surface area (Å²) in [4.78, 5) is 68.2. The van der Waals surface area contributed by atoms with Crippen LogP contribution in [0.4, 0.5) is 10.5 Å². The fourth-order valence-electron chi connectivity index (χ4n) is 7.53. The van der Waals surface area contributed by atoms with Gasteiger partial charge in [0.15, 0.2) is 0 Å². The van der Waals surface area contributed by atoms with Gasteiger partial charge in [-0.25, -0.2) is 4.79 Å². The molecule has 1 fully saturated rings. The van der Waals surface area contributed by atoms with Crippen LogP contribution >= 0.6 is 0 Å². The number of urea groups is 1. The minimum Gasteiger partial charge on any atom is -0.491 e. The summed E-state index contributed by atoms with van der Waals surface area (Å²) in [6.07, 6.45) is 5.00. The summed E-state index contributed by atoms with van der Waals surface area (Å²) in [5.74, 6) is -0.571. The third kappa shape index (κ3) is 14.1. The molecule has 3 unspecified atom stereocenters. The highest BCUT2D eigenvalue weighted by Crippen LogP contribution is 2.39. The van der Waals surface area contributed by atoms with Crippen molar-refractivity contribution in [1.82, 2.24) is 20.9 Å². The first-order valence-corrected chi connectivity index (χ1v) is 19.4. The Balaban J connectivity index is 0.00000541.